The molecular formula is C13H17N5O2. The summed E-state index contributed by atoms with van der Waals surface area (Å²) in [4.78, 5) is 18.3. The first-order chi connectivity index (χ1) is 9.74. The van der Waals surface area contributed by atoms with Crippen molar-refractivity contribution in [2.45, 2.75) is 12.6 Å². The highest BCUT2D eigenvalue weighted by Gasteiger charge is 2.24. The Hall–Kier alpha value is -1.99. The zero-order valence-corrected chi connectivity index (χ0v) is 11.3. The van der Waals surface area contributed by atoms with E-state index in [1.54, 1.807) is 6.20 Å². The van der Waals surface area contributed by atoms with E-state index in [2.05, 4.69) is 25.4 Å². The molecule has 1 aliphatic rings. The van der Waals surface area contributed by atoms with Crippen LogP contribution in [0.1, 0.15) is 5.69 Å². The van der Waals surface area contributed by atoms with Gasteiger partial charge in [0.05, 0.1) is 18.8 Å². The van der Waals surface area contributed by atoms with Crippen molar-refractivity contribution in [1.82, 2.24) is 25.4 Å². The number of H-pyrrole nitrogens is 1. The largest absolute Gasteiger partial charge is 0.366 e. The molecule has 0 radical (unpaired) electrons. The zero-order chi connectivity index (χ0) is 13.9. The number of rotatable bonds is 3. The molecule has 3 rings (SSSR count). The van der Waals surface area contributed by atoms with Crippen LogP contribution in [-0.2, 0) is 16.1 Å². The molecule has 0 aliphatic carbocycles. The fraction of sp³-hybridized carbons (Fsp3) is 0.462. The summed E-state index contributed by atoms with van der Waals surface area (Å²) in [6.07, 6.45) is 1.29. The first-order valence-electron chi connectivity index (χ1n) is 6.60. The molecule has 2 N–H and O–H groups in total. The summed E-state index contributed by atoms with van der Waals surface area (Å²) in [5.41, 5.74) is 1.51. The number of hydrogen-bond acceptors (Lipinski definition) is 5. The van der Waals surface area contributed by atoms with E-state index in [-0.39, 0.29) is 5.91 Å². The third-order valence-electron chi connectivity index (χ3n) is 3.41. The maximum absolute atomic E-state index is 12.1. The van der Waals surface area contributed by atoms with Gasteiger partial charge in [-0.05, 0) is 19.2 Å². The second kappa shape index (κ2) is 5.56. The Morgan fingerprint density at radius 1 is 1.65 bits per heavy atom. The maximum Gasteiger partial charge on any atom is 0.250 e. The number of fused-ring (bicyclic) bond motifs is 1. The van der Waals surface area contributed by atoms with Gasteiger partial charge in [0.2, 0.25) is 0 Å². The van der Waals surface area contributed by atoms with Gasteiger partial charge in [0.25, 0.3) is 5.91 Å². The lowest BCUT2D eigenvalue weighted by Gasteiger charge is -2.29. The van der Waals surface area contributed by atoms with Crippen molar-refractivity contribution < 1.29 is 9.53 Å². The number of amides is 1. The predicted molar refractivity (Wildman–Crippen MR) is 73.0 cm³/mol. The molecule has 20 heavy (non-hydrogen) atoms. The molecule has 1 amide bonds. The van der Waals surface area contributed by atoms with Crippen LogP contribution in [-0.4, -0.2) is 58.8 Å². The van der Waals surface area contributed by atoms with Crippen LogP contribution in [0.4, 0.5) is 0 Å². The predicted octanol–water partition coefficient (Wildman–Crippen LogP) is -0.0953. The van der Waals surface area contributed by atoms with Crippen molar-refractivity contribution in [2.75, 3.05) is 26.7 Å². The van der Waals surface area contributed by atoms with Crippen molar-refractivity contribution in [3.05, 3.63) is 24.0 Å². The van der Waals surface area contributed by atoms with Gasteiger partial charge < -0.3 is 15.0 Å². The number of pyridine rings is 1. The molecular weight excluding hydrogens is 258 g/mol. The third kappa shape index (κ3) is 2.63. The van der Waals surface area contributed by atoms with Crippen LogP contribution in [0.25, 0.3) is 11.0 Å². The second-order valence-corrected chi connectivity index (χ2v) is 4.92. The molecule has 7 nitrogen and oxygen atoms in total. The number of nitrogens with one attached hydrogen (secondary N) is 2. The summed E-state index contributed by atoms with van der Waals surface area (Å²) in [7, 11) is 1.98. The molecule has 1 atom stereocenters. The molecule has 3 heterocycles. The monoisotopic (exact) mass is 275 g/mol. The van der Waals surface area contributed by atoms with Gasteiger partial charge in [-0.15, -0.1) is 0 Å². The Morgan fingerprint density at radius 2 is 2.55 bits per heavy atom. The molecule has 0 saturated carbocycles. The fourth-order valence-corrected chi connectivity index (χ4v) is 2.26. The van der Waals surface area contributed by atoms with E-state index in [0.29, 0.717) is 25.3 Å². The van der Waals surface area contributed by atoms with Gasteiger partial charge in [0, 0.05) is 24.7 Å². The smallest absolute Gasteiger partial charge is 0.250 e. The van der Waals surface area contributed by atoms with Gasteiger partial charge in [-0.1, -0.05) is 0 Å². The lowest BCUT2D eigenvalue weighted by Crippen LogP contribution is -2.48. The topological polar surface area (TPSA) is 83.1 Å². The molecule has 2 aromatic heterocycles. The van der Waals surface area contributed by atoms with Gasteiger partial charge in [-0.25, -0.2) is 4.98 Å². The highest BCUT2D eigenvalue weighted by atomic mass is 16.5. The summed E-state index contributed by atoms with van der Waals surface area (Å²) in [6, 6.07) is 3.78. The van der Waals surface area contributed by atoms with Crippen molar-refractivity contribution in [2.24, 2.45) is 0 Å². The zero-order valence-electron chi connectivity index (χ0n) is 11.3. The minimum atomic E-state index is -0.402. The fourth-order valence-electron chi connectivity index (χ4n) is 2.26. The summed E-state index contributed by atoms with van der Waals surface area (Å²) in [5, 5.41) is 10.8. The number of nitrogens with zero attached hydrogens (tertiary/aromatic N) is 3. The SMILES string of the molecule is CN1CCOC(C(=O)NCc2[nH]nc3ncccc23)C1. The van der Waals surface area contributed by atoms with E-state index < -0.39 is 6.10 Å². The summed E-state index contributed by atoms with van der Waals surface area (Å²) in [6.45, 7) is 2.47. The van der Waals surface area contributed by atoms with Gasteiger partial charge in [-0.3, -0.25) is 9.89 Å². The molecule has 0 aromatic carbocycles. The summed E-state index contributed by atoms with van der Waals surface area (Å²) in [5.74, 6) is -0.0943. The Labute approximate surface area is 116 Å². The number of carbonyl (C=O) groups excluding carboxylic acids is 1. The van der Waals surface area contributed by atoms with E-state index in [1.807, 2.05) is 19.2 Å². The average Bonchev–Trinajstić information content (AvgIpc) is 2.88. The van der Waals surface area contributed by atoms with Crippen molar-refractivity contribution in [3.8, 4) is 0 Å². The van der Waals surface area contributed by atoms with E-state index in [9.17, 15) is 4.79 Å². The van der Waals surface area contributed by atoms with E-state index in [0.717, 1.165) is 17.6 Å². The molecule has 1 saturated heterocycles. The van der Waals surface area contributed by atoms with Gasteiger partial charge in [-0.2, -0.15) is 5.10 Å². The van der Waals surface area contributed by atoms with Gasteiger partial charge in [0.15, 0.2) is 5.65 Å². The van der Waals surface area contributed by atoms with Crippen LogP contribution in [0.5, 0.6) is 0 Å². The minimum Gasteiger partial charge on any atom is -0.366 e. The number of carbonyl (C=O) groups is 1. The molecule has 0 bridgehead atoms. The van der Waals surface area contributed by atoms with Crippen molar-refractivity contribution >= 4 is 16.9 Å². The molecule has 0 spiro atoms. The van der Waals surface area contributed by atoms with Crippen LogP contribution >= 0.6 is 0 Å². The van der Waals surface area contributed by atoms with E-state index in [4.69, 9.17) is 4.74 Å². The van der Waals surface area contributed by atoms with E-state index in [1.165, 1.54) is 0 Å². The maximum atomic E-state index is 12.1. The lowest BCUT2D eigenvalue weighted by atomic mass is 10.2. The molecule has 7 heteroatoms. The summed E-state index contributed by atoms with van der Waals surface area (Å²) < 4.78 is 5.48. The number of aromatic amines is 1. The van der Waals surface area contributed by atoms with Gasteiger partial charge >= 0.3 is 0 Å². The first-order valence-corrected chi connectivity index (χ1v) is 6.60. The molecule has 2 aromatic rings. The number of morpholine rings is 1. The van der Waals surface area contributed by atoms with Crippen molar-refractivity contribution in [3.63, 3.8) is 0 Å². The minimum absolute atomic E-state index is 0.0943. The van der Waals surface area contributed by atoms with Gasteiger partial charge in [0.1, 0.15) is 6.10 Å². The van der Waals surface area contributed by atoms with Crippen LogP contribution in [0.15, 0.2) is 18.3 Å². The Kier molecular flexibility index (Phi) is 3.62. The number of ether oxygens (including phenoxy) is 1. The van der Waals surface area contributed by atoms with Crippen LogP contribution < -0.4 is 5.32 Å². The third-order valence-corrected chi connectivity index (χ3v) is 3.41. The highest BCUT2D eigenvalue weighted by Crippen LogP contribution is 2.12. The second-order valence-electron chi connectivity index (χ2n) is 4.92. The van der Waals surface area contributed by atoms with Crippen LogP contribution in [0.2, 0.25) is 0 Å². The highest BCUT2D eigenvalue weighted by molar-refractivity contribution is 5.82. The summed E-state index contributed by atoms with van der Waals surface area (Å²) >= 11 is 0. The Morgan fingerprint density at radius 3 is 3.40 bits per heavy atom. The first kappa shape index (κ1) is 13.0. The van der Waals surface area contributed by atoms with E-state index >= 15 is 0 Å². The normalized spacial score (nSPS) is 20.1. The molecule has 106 valence electrons. The van der Waals surface area contributed by atoms with Crippen LogP contribution in [0, 0.1) is 0 Å². The standard InChI is InChI=1S/C13H17N5O2/c1-18-5-6-20-11(8-18)13(19)15-7-10-9-3-2-4-14-12(9)17-16-10/h2-4,11H,5-8H2,1H3,(H,15,19)(H,14,16,17). The average molecular weight is 275 g/mol. The Bertz CT molecular complexity index is 612. The number of hydrogen-bond donors (Lipinski definition) is 2. The quantitative estimate of drug-likeness (QED) is 0.817. The number of aromatic nitrogens is 3. The molecule has 1 fully saturated rings. The number of likely N-dealkylation sites (N-methyl/N-ethyl adjacent to an activating group) is 1. The lowest BCUT2D eigenvalue weighted by molar-refractivity contribution is -0.138. The van der Waals surface area contributed by atoms with Crippen molar-refractivity contribution in [1.29, 1.82) is 0 Å². The molecule has 1 unspecified atom stereocenters. The Balaban J connectivity index is 1.63. The van der Waals surface area contributed by atoms with Crippen LogP contribution in [0.3, 0.4) is 0 Å². The molecule has 1 aliphatic heterocycles.